The van der Waals surface area contributed by atoms with E-state index in [1.807, 2.05) is 12.1 Å². The summed E-state index contributed by atoms with van der Waals surface area (Å²) in [5.74, 6) is -2.64. The van der Waals surface area contributed by atoms with Gasteiger partial charge in [0.2, 0.25) is 0 Å². The van der Waals surface area contributed by atoms with Crippen LogP contribution in [0.1, 0.15) is 106 Å². The molecule has 4 N–H and O–H groups in total. The Kier molecular flexibility index (Phi) is 14.0. The number of rotatable bonds is 7. The van der Waals surface area contributed by atoms with E-state index in [9.17, 15) is 19.2 Å². The first-order valence-corrected chi connectivity index (χ1v) is 15.5. The van der Waals surface area contributed by atoms with E-state index in [0.29, 0.717) is 18.8 Å². The molecule has 1 amide bonds. The Morgan fingerprint density at radius 1 is 0.714 bits per heavy atom. The molecular formula is C36H48N6O7. The molecule has 0 saturated heterocycles. The fraction of sp³-hybridized carbons (Fsp3) is 0.389. The molecule has 2 aromatic carbocycles. The Morgan fingerprint density at radius 3 is 1.45 bits per heavy atom. The van der Waals surface area contributed by atoms with Crippen LogP contribution in [0.5, 0.6) is 0 Å². The fourth-order valence-corrected chi connectivity index (χ4v) is 4.29. The normalized spacial score (nSPS) is 10.9. The van der Waals surface area contributed by atoms with Crippen LogP contribution in [0, 0.1) is 0 Å². The number of hydrogen-bond acceptors (Lipinski definition) is 9. The van der Waals surface area contributed by atoms with Gasteiger partial charge in [0.05, 0.1) is 14.2 Å². The molecular weight excluding hydrogens is 628 g/mol. The quantitative estimate of drug-likeness (QED) is 0.231. The van der Waals surface area contributed by atoms with E-state index >= 15 is 0 Å². The zero-order chi connectivity index (χ0) is 37.1. The molecule has 2 heterocycles. The molecule has 0 bridgehead atoms. The molecule has 0 radical (unpaired) electrons. The summed E-state index contributed by atoms with van der Waals surface area (Å²) >= 11 is 0. The number of nitrogens with one attached hydrogen (secondary N) is 1. The number of methoxy groups -OCH3 is 2. The third kappa shape index (κ3) is 11.7. The maximum atomic E-state index is 12.3. The number of carbonyl (C=O) groups excluding carboxylic acids is 3. The summed E-state index contributed by atoms with van der Waals surface area (Å²) in [6, 6.07) is 19.2. The highest BCUT2D eigenvalue weighted by molar-refractivity contribution is 5.96. The zero-order valence-corrected chi connectivity index (χ0v) is 30.0. The summed E-state index contributed by atoms with van der Waals surface area (Å²) in [7, 11) is 5.53. The number of esters is 2. The van der Waals surface area contributed by atoms with Crippen LogP contribution in [0.4, 0.5) is 0 Å². The molecule has 2 aromatic heterocycles. The Morgan fingerprint density at radius 2 is 1.10 bits per heavy atom. The number of ether oxygens (including phenoxy) is 2. The summed E-state index contributed by atoms with van der Waals surface area (Å²) in [5.41, 5.74) is 11.0. The van der Waals surface area contributed by atoms with Crippen molar-refractivity contribution in [2.24, 2.45) is 19.8 Å². The van der Waals surface area contributed by atoms with Crippen molar-refractivity contribution in [1.82, 2.24) is 24.9 Å². The molecule has 0 aliphatic heterocycles. The van der Waals surface area contributed by atoms with E-state index in [1.165, 1.54) is 48.7 Å². The van der Waals surface area contributed by atoms with Crippen LogP contribution in [0.2, 0.25) is 0 Å². The van der Waals surface area contributed by atoms with Gasteiger partial charge in [-0.05, 0) is 33.1 Å². The molecule has 0 aliphatic carbocycles. The van der Waals surface area contributed by atoms with Crippen LogP contribution in [0.3, 0.4) is 0 Å². The number of carbonyl (C=O) groups is 4. The summed E-state index contributed by atoms with van der Waals surface area (Å²) < 4.78 is 11.5. The summed E-state index contributed by atoms with van der Waals surface area (Å²) in [6.45, 7) is 14.1. The second-order valence-corrected chi connectivity index (χ2v) is 13.1. The number of nitrogens with two attached hydrogens (primary N) is 1. The van der Waals surface area contributed by atoms with Crippen LogP contribution in [0.25, 0.3) is 0 Å². The number of aryl methyl sites for hydroxylation is 2. The Balaban J connectivity index is 0.000000281. The number of aromatic nitrogens is 4. The Labute approximate surface area is 287 Å². The van der Waals surface area contributed by atoms with Gasteiger partial charge in [0, 0.05) is 39.3 Å². The first-order valence-electron chi connectivity index (χ1n) is 15.5. The van der Waals surface area contributed by atoms with Crippen LogP contribution in [0.15, 0.2) is 60.7 Å². The number of benzene rings is 2. The van der Waals surface area contributed by atoms with E-state index in [0.717, 1.165) is 16.3 Å². The number of aromatic carboxylic acids is 1. The van der Waals surface area contributed by atoms with Crippen molar-refractivity contribution in [1.29, 1.82) is 0 Å². The van der Waals surface area contributed by atoms with Crippen molar-refractivity contribution in [3.05, 3.63) is 106 Å². The molecule has 0 fully saturated rings. The van der Waals surface area contributed by atoms with Crippen molar-refractivity contribution in [3.63, 3.8) is 0 Å². The van der Waals surface area contributed by atoms with E-state index in [1.54, 1.807) is 7.05 Å². The second-order valence-electron chi connectivity index (χ2n) is 13.1. The first kappa shape index (κ1) is 39.9. The van der Waals surface area contributed by atoms with Crippen LogP contribution in [-0.2, 0) is 47.5 Å². The Bertz CT molecular complexity index is 1730. The molecule has 13 nitrogen and oxygen atoms in total. The van der Waals surface area contributed by atoms with Crippen molar-refractivity contribution < 1.29 is 33.8 Å². The topological polar surface area (TPSA) is 181 Å². The van der Waals surface area contributed by atoms with Crippen LogP contribution < -0.4 is 11.1 Å². The molecule has 0 saturated carbocycles. The van der Waals surface area contributed by atoms with Crippen LogP contribution >= 0.6 is 0 Å². The highest BCUT2D eigenvalue weighted by atomic mass is 16.5. The summed E-state index contributed by atoms with van der Waals surface area (Å²) in [6.07, 6.45) is 0. The highest BCUT2D eigenvalue weighted by Crippen LogP contribution is 2.23. The van der Waals surface area contributed by atoms with Gasteiger partial charge in [-0.3, -0.25) is 14.2 Å². The maximum absolute atomic E-state index is 12.3. The van der Waals surface area contributed by atoms with Crippen molar-refractivity contribution in [3.8, 4) is 0 Å². The minimum absolute atomic E-state index is 0.0117. The summed E-state index contributed by atoms with van der Waals surface area (Å²) in [5, 5.41) is 19.1. The molecule has 0 unspecified atom stereocenters. The predicted octanol–water partition coefficient (Wildman–Crippen LogP) is 4.78. The zero-order valence-electron chi connectivity index (χ0n) is 30.0. The average molecular weight is 677 g/mol. The number of carboxylic acid groups (broad SMARTS) is 1. The van der Waals surface area contributed by atoms with E-state index < -0.39 is 17.9 Å². The smallest absolute Gasteiger partial charge is 0.358 e. The molecule has 4 rings (SSSR count). The standard InChI is InChI=1S/C18H23N3O3.C11H17N.C7H8N2O4/c1-18(2,3)13-8-6-12(7-9-13)11-19-16(22)15-10-14(17(23)24-5)20-21(15)4;1-11(2,3)10-6-4-9(8-12)5-7-10;1-9-5(6(10)11)3-4(8-9)7(12)13-2/h6-10H,11H2,1-5H3,(H,19,22);4-7H,8,12H2,1-3H3;3H,1-2H3,(H,10,11). The van der Waals surface area contributed by atoms with Gasteiger partial charge in [0.25, 0.3) is 5.91 Å². The van der Waals surface area contributed by atoms with Gasteiger partial charge in [0.1, 0.15) is 11.4 Å². The lowest BCUT2D eigenvalue weighted by Gasteiger charge is -2.19. The third-order valence-corrected chi connectivity index (χ3v) is 7.33. The average Bonchev–Trinajstić information content (AvgIpc) is 3.65. The van der Waals surface area contributed by atoms with Gasteiger partial charge < -0.3 is 25.6 Å². The maximum Gasteiger partial charge on any atom is 0.358 e. The lowest BCUT2D eigenvalue weighted by atomic mass is 9.87. The number of nitrogens with zero attached hydrogens (tertiary/aromatic N) is 4. The van der Waals surface area contributed by atoms with Gasteiger partial charge in [-0.2, -0.15) is 10.2 Å². The lowest BCUT2D eigenvalue weighted by Crippen LogP contribution is -2.25. The molecule has 13 heteroatoms. The van der Waals surface area contributed by atoms with Crippen molar-refractivity contribution >= 4 is 23.8 Å². The number of carboxylic acids is 1. The SMILES string of the molecule is CC(C)(C)c1ccc(CN)cc1.COC(=O)c1cc(C(=O)NCc2ccc(C(C)(C)C)cc2)n(C)n1.COC(=O)c1cc(C(=O)O)n(C)n1. The molecule has 0 atom stereocenters. The van der Waals surface area contributed by atoms with Crippen molar-refractivity contribution in [2.75, 3.05) is 14.2 Å². The second kappa shape index (κ2) is 17.2. The highest BCUT2D eigenvalue weighted by Gasteiger charge is 2.19. The molecule has 264 valence electrons. The minimum atomic E-state index is -1.13. The van der Waals surface area contributed by atoms with Crippen LogP contribution in [-0.4, -0.2) is 62.7 Å². The molecule has 0 spiro atoms. The summed E-state index contributed by atoms with van der Waals surface area (Å²) in [4.78, 5) is 45.2. The molecule has 4 aromatic rings. The van der Waals surface area contributed by atoms with E-state index in [2.05, 4.69) is 103 Å². The monoisotopic (exact) mass is 676 g/mol. The molecule has 0 aliphatic rings. The van der Waals surface area contributed by atoms with E-state index in [4.69, 9.17) is 10.8 Å². The van der Waals surface area contributed by atoms with Gasteiger partial charge in [0.15, 0.2) is 11.4 Å². The lowest BCUT2D eigenvalue weighted by molar-refractivity contribution is 0.0584. The van der Waals surface area contributed by atoms with Gasteiger partial charge in [-0.15, -0.1) is 0 Å². The molecule has 49 heavy (non-hydrogen) atoms. The van der Waals surface area contributed by atoms with Gasteiger partial charge in [-0.1, -0.05) is 90.1 Å². The van der Waals surface area contributed by atoms with Crippen molar-refractivity contribution in [2.45, 2.75) is 65.5 Å². The fourth-order valence-electron chi connectivity index (χ4n) is 4.29. The Hall–Kier alpha value is -5.30. The van der Waals surface area contributed by atoms with E-state index in [-0.39, 0.29) is 33.8 Å². The number of amides is 1. The first-order chi connectivity index (χ1) is 22.8. The van der Waals surface area contributed by atoms with Gasteiger partial charge >= 0.3 is 17.9 Å². The number of hydrogen-bond donors (Lipinski definition) is 3. The predicted molar refractivity (Wildman–Crippen MR) is 185 cm³/mol. The largest absolute Gasteiger partial charge is 0.477 e. The third-order valence-electron chi connectivity index (χ3n) is 7.33. The minimum Gasteiger partial charge on any atom is -0.477 e. The van der Waals surface area contributed by atoms with Gasteiger partial charge in [-0.25, -0.2) is 14.4 Å².